The monoisotopic (exact) mass is 286 g/mol. The van der Waals surface area contributed by atoms with Crippen LogP contribution in [-0.4, -0.2) is 36.1 Å². The van der Waals surface area contributed by atoms with Crippen LogP contribution in [0.4, 0.5) is 18.9 Å². The van der Waals surface area contributed by atoms with Crippen LogP contribution in [0, 0.1) is 0 Å². The molecule has 0 spiro atoms. The molecule has 0 fully saturated rings. The molecule has 1 heterocycles. The van der Waals surface area contributed by atoms with Crippen molar-refractivity contribution in [3.05, 3.63) is 29.3 Å². The van der Waals surface area contributed by atoms with Gasteiger partial charge >= 0.3 is 6.18 Å². The fourth-order valence-electron chi connectivity index (χ4n) is 2.29. The first-order valence-electron chi connectivity index (χ1n) is 6.52. The number of halogens is 3. The smallest absolute Gasteiger partial charge is 0.384 e. The predicted molar refractivity (Wildman–Crippen MR) is 70.9 cm³/mol. The van der Waals surface area contributed by atoms with Crippen molar-refractivity contribution in [2.45, 2.75) is 32.5 Å². The van der Waals surface area contributed by atoms with Gasteiger partial charge in [-0.25, -0.2) is 0 Å². The Hall–Kier alpha value is -1.72. The molecule has 1 N–H and O–H groups in total. The zero-order valence-corrected chi connectivity index (χ0v) is 11.4. The van der Waals surface area contributed by atoms with Crippen molar-refractivity contribution < 1.29 is 18.0 Å². The fraction of sp³-hybridized carbons (Fsp3) is 0.500. The highest BCUT2D eigenvalue weighted by Crippen LogP contribution is 2.25. The van der Waals surface area contributed by atoms with Crippen LogP contribution in [0.2, 0.25) is 0 Å². The number of carbonyl (C=O) groups is 1. The Morgan fingerprint density at radius 3 is 2.70 bits per heavy atom. The van der Waals surface area contributed by atoms with Gasteiger partial charge in [0.05, 0.1) is 0 Å². The van der Waals surface area contributed by atoms with Gasteiger partial charge in [0.2, 0.25) is 0 Å². The number of hydrogen-bond donors (Lipinski definition) is 1. The molecule has 0 saturated heterocycles. The molecule has 1 aliphatic heterocycles. The van der Waals surface area contributed by atoms with E-state index in [1.807, 2.05) is 0 Å². The summed E-state index contributed by atoms with van der Waals surface area (Å²) in [6, 6.07) is 4.51. The van der Waals surface area contributed by atoms with Gasteiger partial charge in [0.25, 0.3) is 5.91 Å². The molecule has 1 aromatic rings. The van der Waals surface area contributed by atoms with Crippen LogP contribution in [0.5, 0.6) is 0 Å². The number of fused-ring (bicyclic) bond motifs is 1. The van der Waals surface area contributed by atoms with Crippen molar-refractivity contribution in [2.24, 2.45) is 0 Å². The molecule has 0 radical (unpaired) electrons. The lowest BCUT2D eigenvalue weighted by molar-refractivity contribution is -0.143. The lowest BCUT2D eigenvalue weighted by atomic mass is 10.1. The molecule has 0 unspecified atom stereocenters. The number of nitrogens with zero attached hydrogens (tertiary/aromatic N) is 1. The summed E-state index contributed by atoms with van der Waals surface area (Å²) in [4.78, 5) is 13.1. The second kappa shape index (κ2) is 5.34. The van der Waals surface area contributed by atoms with E-state index in [4.69, 9.17) is 0 Å². The second-order valence-electron chi connectivity index (χ2n) is 5.19. The Balaban J connectivity index is 2.23. The molecule has 1 aliphatic rings. The first-order chi connectivity index (χ1) is 9.28. The van der Waals surface area contributed by atoms with Gasteiger partial charge in [-0.05, 0) is 44.0 Å². The summed E-state index contributed by atoms with van der Waals surface area (Å²) < 4.78 is 37.7. The van der Waals surface area contributed by atoms with Crippen molar-refractivity contribution >= 4 is 11.6 Å². The maximum Gasteiger partial charge on any atom is 0.406 e. The number of nitrogens with one attached hydrogen (secondary N) is 1. The first kappa shape index (κ1) is 14.7. The van der Waals surface area contributed by atoms with Crippen molar-refractivity contribution in [1.29, 1.82) is 0 Å². The summed E-state index contributed by atoms with van der Waals surface area (Å²) in [7, 11) is 0. The summed E-state index contributed by atoms with van der Waals surface area (Å²) in [5.41, 5.74) is 2.24. The molecule has 0 aliphatic carbocycles. The summed E-state index contributed by atoms with van der Waals surface area (Å²) in [6.07, 6.45) is -3.60. The molecule has 0 saturated carbocycles. The van der Waals surface area contributed by atoms with Crippen LogP contribution in [-0.2, 0) is 6.42 Å². The lowest BCUT2D eigenvalue weighted by Gasteiger charge is -2.28. The summed E-state index contributed by atoms with van der Waals surface area (Å²) >= 11 is 0. The molecule has 0 bridgehead atoms. The van der Waals surface area contributed by atoms with E-state index in [0.717, 1.165) is 29.1 Å². The van der Waals surface area contributed by atoms with E-state index in [-0.39, 0.29) is 0 Å². The molecule has 0 atom stereocenters. The number of hydrogen-bond acceptors (Lipinski definition) is 2. The van der Waals surface area contributed by atoms with Crippen LogP contribution in [0.25, 0.3) is 0 Å². The Labute approximate surface area is 115 Å². The molecule has 0 aromatic heterocycles. The lowest BCUT2D eigenvalue weighted by Crippen LogP contribution is -2.43. The Bertz CT molecular complexity index is 512. The predicted octanol–water partition coefficient (Wildman–Crippen LogP) is 3.07. The van der Waals surface area contributed by atoms with E-state index in [0.29, 0.717) is 5.56 Å². The summed E-state index contributed by atoms with van der Waals surface area (Å²) in [6.45, 7) is 2.74. The molecule has 3 nitrogen and oxygen atoms in total. The Morgan fingerprint density at radius 2 is 2.10 bits per heavy atom. The molecule has 1 aromatic carbocycles. The SMILES string of the molecule is CC(C)N(CC(F)(F)F)C(=O)c1ccc2c(c1)CCN2. The fourth-order valence-corrected chi connectivity index (χ4v) is 2.29. The Kier molecular flexibility index (Phi) is 3.92. The van der Waals surface area contributed by atoms with Gasteiger partial charge in [-0.3, -0.25) is 4.79 Å². The van der Waals surface area contributed by atoms with Gasteiger partial charge in [0.15, 0.2) is 0 Å². The molecule has 110 valence electrons. The van der Waals surface area contributed by atoms with E-state index in [1.165, 1.54) is 0 Å². The summed E-state index contributed by atoms with van der Waals surface area (Å²) in [5.74, 6) is -0.577. The second-order valence-corrected chi connectivity index (χ2v) is 5.19. The van der Waals surface area contributed by atoms with Crippen LogP contribution in [0.15, 0.2) is 18.2 Å². The van der Waals surface area contributed by atoms with Crippen LogP contribution in [0.3, 0.4) is 0 Å². The van der Waals surface area contributed by atoms with E-state index in [1.54, 1.807) is 32.0 Å². The zero-order valence-electron chi connectivity index (χ0n) is 11.4. The normalized spacial score (nSPS) is 14.1. The van der Waals surface area contributed by atoms with E-state index in [2.05, 4.69) is 5.32 Å². The number of carbonyl (C=O) groups excluding carboxylic acids is 1. The number of rotatable bonds is 3. The Morgan fingerprint density at radius 1 is 1.40 bits per heavy atom. The average Bonchev–Trinajstić information content (AvgIpc) is 2.80. The molecule has 6 heteroatoms. The van der Waals surface area contributed by atoms with Crippen molar-refractivity contribution in [3.63, 3.8) is 0 Å². The number of amides is 1. The number of benzene rings is 1. The quantitative estimate of drug-likeness (QED) is 0.926. The zero-order chi connectivity index (χ0) is 14.9. The third-order valence-corrected chi connectivity index (χ3v) is 3.30. The van der Waals surface area contributed by atoms with Crippen LogP contribution in [0.1, 0.15) is 29.8 Å². The maximum atomic E-state index is 12.6. The maximum absolute atomic E-state index is 12.6. The third kappa shape index (κ3) is 3.23. The van der Waals surface area contributed by atoms with E-state index in [9.17, 15) is 18.0 Å². The minimum absolute atomic E-state index is 0.311. The molecule has 1 amide bonds. The minimum atomic E-state index is -4.39. The molecule has 2 rings (SSSR count). The van der Waals surface area contributed by atoms with Crippen LogP contribution < -0.4 is 5.32 Å². The van der Waals surface area contributed by atoms with Crippen molar-refractivity contribution in [1.82, 2.24) is 4.90 Å². The highest BCUT2D eigenvalue weighted by molar-refractivity contribution is 5.95. The highest BCUT2D eigenvalue weighted by atomic mass is 19.4. The highest BCUT2D eigenvalue weighted by Gasteiger charge is 2.34. The van der Waals surface area contributed by atoms with Gasteiger partial charge in [-0.1, -0.05) is 0 Å². The standard InChI is InChI=1S/C14H17F3N2O/c1-9(2)19(8-14(15,16)17)13(20)11-3-4-12-10(7-11)5-6-18-12/h3-4,7,9,18H,5-6,8H2,1-2H3. The third-order valence-electron chi connectivity index (χ3n) is 3.30. The minimum Gasteiger partial charge on any atom is -0.384 e. The van der Waals surface area contributed by atoms with Crippen LogP contribution >= 0.6 is 0 Å². The van der Waals surface area contributed by atoms with Gasteiger partial charge in [0.1, 0.15) is 6.54 Å². The van der Waals surface area contributed by atoms with Gasteiger partial charge in [-0.2, -0.15) is 13.2 Å². The van der Waals surface area contributed by atoms with Gasteiger partial charge in [0, 0.05) is 23.8 Å². The topological polar surface area (TPSA) is 32.3 Å². The molecular formula is C14H17F3N2O. The van der Waals surface area contributed by atoms with Gasteiger partial charge < -0.3 is 10.2 Å². The summed E-state index contributed by atoms with van der Waals surface area (Å²) in [5, 5.41) is 3.15. The number of alkyl halides is 3. The van der Waals surface area contributed by atoms with Crippen molar-refractivity contribution in [3.8, 4) is 0 Å². The first-order valence-corrected chi connectivity index (χ1v) is 6.52. The van der Waals surface area contributed by atoms with Gasteiger partial charge in [-0.15, -0.1) is 0 Å². The number of anilines is 1. The van der Waals surface area contributed by atoms with E-state index >= 15 is 0 Å². The van der Waals surface area contributed by atoms with Crippen molar-refractivity contribution in [2.75, 3.05) is 18.4 Å². The van der Waals surface area contributed by atoms with E-state index < -0.39 is 24.7 Å². The average molecular weight is 286 g/mol. The largest absolute Gasteiger partial charge is 0.406 e. The molecular weight excluding hydrogens is 269 g/mol. The molecule has 20 heavy (non-hydrogen) atoms.